The Balaban J connectivity index is 1.89. The van der Waals surface area contributed by atoms with Gasteiger partial charge in [-0.25, -0.2) is 0 Å². The standard InChI is InChI=1S/C11H22N2S/c1-9-7-13(10(2)6-12-9)8-11(14-3)4-5-11/h9-10,12H,4-8H2,1-3H3. The molecule has 0 bridgehead atoms. The Kier molecular flexibility index (Phi) is 3.10. The number of nitrogens with one attached hydrogen (secondary N) is 1. The zero-order chi connectivity index (χ0) is 10.2. The molecule has 1 saturated heterocycles. The molecular formula is C11H22N2S. The van der Waals surface area contributed by atoms with Crippen molar-refractivity contribution in [3.05, 3.63) is 0 Å². The molecule has 2 nitrogen and oxygen atoms in total. The van der Waals surface area contributed by atoms with Crippen LogP contribution < -0.4 is 5.32 Å². The first kappa shape index (κ1) is 10.8. The van der Waals surface area contributed by atoms with Gasteiger partial charge in [0.05, 0.1) is 0 Å². The van der Waals surface area contributed by atoms with Gasteiger partial charge in [-0.15, -0.1) is 0 Å². The topological polar surface area (TPSA) is 15.3 Å². The number of rotatable bonds is 3. The zero-order valence-electron chi connectivity index (χ0n) is 9.55. The van der Waals surface area contributed by atoms with Crippen molar-refractivity contribution in [2.24, 2.45) is 0 Å². The smallest absolute Gasteiger partial charge is 0.0285 e. The van der Waals surface area contributed by atoms with Crippen molar-refractivity contribution >= 4 is 11.8 Å². The first-order valence-electron chi connectivity index (χ1n) is 5.68. The Hall–Kier alpha value is 0.270. The van der Waals surface area contributed by atoms with Gasteiger partial charge in [-0.05, 0) is 32.9 Å². The molecule has 1 aliphatic carbocycles. The van der Waals surface area contributed by atoms with Crippen LogP contribution in [-0.2, 0) is 0 Å². The first-order chi connectivity index (χ1) is 6.65. The Labute approximate surface area is 91.8 Å². The van der Waals surface area contributed by atoms with Gasteiger partial charge in [0.1, 0.15) is 0 Å². The average molecular weight is 214 g/mol. The molecule has 1 heterocycles. The minimum Gasteiger partial charge on any atom is -0.311 e. The van der Waals surface area contributed by atoms with Crippen LogP contribution in [0.4, 0.5) is 0 Å². The fourth-order valence-corrected chi connectivity index (χ4v) is 3.06. The number of nitrogens with zero attached hydrogens (tertiary/aromatic N) is 1. The third-order valence-corrected chi connectivity index (χ3v) is 5.03. The van der Waals surface area contributed by atoms with E-state index in [1.165, 1.54) is 25.9 Å². The van der Waals surface area contributed by atoms with Gasteiger partial charge < -0.3 is 5.32 Å². The molecule has 1 N–H and O–H groups in total. The summed E-state index contributed by atoms with van der Waals surface area (Å²) in [7, 11) is 0. The Morgan fingerprint density at radius 1 is 1.43 bits per heavy atom. The molecule has 0 aromatic heterocycles. The Bertz CT molecular complexity index is 203. The summed E-state index contributed by atoms with van der Waals surface area (Å²) in [5.41, 5.74) is 0. The molecule has 0 aromatic rings. The van der Waals surface area contributed by atoms with Crippen molar-refractivity contribution in [2.75, 3.05) is 25.9 Å². The van der Waals surface area contributed by atoms with Crippen LogP contribution in [0.25, 0.3) is 0 Å². The molecule has 2 atom stereocenters. The third kappa shape index (κ3) is 2.26. The van der Waals surface area contributed by atoms with E-state index in [2.05, 4.69) is 42.1 Å². The highest BCUT2D eigenvalue weighted by Gasteiger charge is 2.44. The second-order valence-corrected chi connectivity index (χ2v) is 6.25. The second kappa shape index (κ2) is 4.03. The van der Waals surface area contributed by atoms with Crippen LogP contribution in [0, 0.1) is 0 Å². The predicted octanol–water partition coefficient (Wildman–Crippen LogP) is 1.56. The van der Waals surface area contributed by atoms with E-state index < -0.39 is 0 Å². The normalized spacial score (nSPS) is 37.1. The summed E-state index contributed by atoms with van der Waals surface area (Å²) in [6, 6.07) is 1.39. The third-order valence-electron chi connectivity index (χ3n) is 3.63. The molecule has 1 aliphatic heterocycles. The number of thioether (sulfide) groups is 1. The van der Waals surface area contributed by atoms with Crippen LogP contribution in [0.15, 0.2) is 0 Å². The highest BCUT2D eigenvalue weighted by molar-refractivity contribution is 8.00. The van der Waals surface area contributed by atoms with Crippen molar-refractivity contribution in [1.29, 1.82) is 0 Å². The lowest BCUT2D eigenvalue weighted by molar-refractivity contribution is 0.145. The van der Waals surface area contributed by atoms with Gasteiger partial charge in [0, 0.05) is 36.5 Å². The maximum absolute atomic E-state index is 3.54. The van der Waals surface area contributed by atoms with Crippen molar-refractivity contribution in [1.82, 2.24) is 10.2 Å². The summed E-state index contributed by atoms with van der Waals surface area (Å²) >= 11 is 2.07. The lowest BCUT2D eigenvalue weighted by Crippen LogP contribution is -2.55. The van der Waals surface area contributed by atoms with Crippen LogP contribution in [0.3, 0.4) is 0 Å². The predicted molar refractivity (Wildman–Crippen MR) is 64.0 cm³/mol. The fourth-order valence-electron chi connectivity index (χ4n) is 2.25. The number of piperazine rings is 1. The minimum atomic E-state index is 0.630. The molecule has 1 saturated carbocycles. The Morgan fingerprint density at radius 3 is 2.71 bits per heavy atom. The molecule has 0 spiro atoms. The molecule has 2 rings (SSSR count). The molecule has 14 heavy (non-hydrogen) atoms. The molecule has 0 radical (unpaired) electrons. The van der Waals surface area contributed by atoms with E-state index in [1.54, 1.807) is 0 Å². The van der Waals surface area contributed by atoms with Crippen molar-refractivity contribution < 1.29 is 0 Å². The van der Waals surface area contributed by atoms with Gasteiger partial charge in [0.25, 0.3) is 0 Å². The van der Waals surface area contributed by atoms with E-state index in [0.717, 1.165) is 12.6 Å². The van der Waals surface area contributed by atoms with Crippen molar-refractivity contribution in [2.45, 2.75) is 43.5 Å². The zero-order valence-corrected chi connectivity index (χ0v) is 10.4. The quantitative estimate of drug-likeness (QED) is 0.767. The van der Waals surface area contributed by atoms with E-state index in [4.69, 9.17) is 0 Å². The van der Waals surface area contributed by atoms with Crippen LogP contribution in [0.2, 0.25) is 0 Å². The molecule has 0 amide bonds. The summed E-state index contributed by atoms with van der Waals surface area (Å²) in [4.78, 5) is 2.67. The largest absolute Gasteiger partial charge is 0.311 e. The van der Waals surface area contributed by atoms with Gasteiger partial charge in [0.15, 0.2) is 0 Å². The first-order valence-corrected chi connectivity index (χ1v) is 6.90. The van der Waals surface area contributed by atoms with Crippen LogP contribution in [0.5, 0.6) is 0 Å². The minimum absolute atomic E-state index is 0.630. The SMILES string of the molecule is CSC1(CN2CC(C)NCC2C)CC1. The highest BCUT2D eigenvalue weighted by Crippen LogP contribution is 2.47. The summed E-state index contributed by atoms with van der Waals surface area (Å²) in [5, 5.41) is 3.54. The van der Waals surface area contributed by atoms with E-state index in [9.17, 15) is 0 Å². The van der Waals surface area contributed by atoms with Gasteiger partial charge in [0.2, 0.25) is 0 Å². The lowest BCUT2D eigenvalue weighted by atomic mass is 10.1. The molecule has 3 heteroatoms. The van der Waals surface area contributed by atoms with Crippen LogP contribution in [-0.4, -0.2) is 47.6 Å². The van der Waals surface area contributed by atoms with Gasteiger partial charge in [-0.3, -0.25) is 4.90 Å². The molecule has 2 aliphatic rings. The summed E-state index contributed by atoms with van der Waals surface area (Å²) in [6.07, 6.45) is 5.13. The average Bonchev–Trinajstić information content (AvgIpc) is 2.92. The highest BCUT2D eigenvalue weighted by atomic mass is 32.2. The van der Waals surface area contributed by atoms with E-state index in [1.807, 2.05) is 0 Å². The fraction of sp³-hybridized carbons (Fsp3) is 1.00. The molecule has 2 unspecified atom stereocenters. The Morgan fingerprint density at radius 2 is 2.14 bits per heavy atom. The molecule has 0 aromatic carbocycles. The van der Waals surface area contributed by atoms with E-state index >= 15 is 0 Å². The second-order valence-electron chi connectivity index (χ2n) is 4.97. The van der Waals surface area contributed by atoms with Crippen molar-refractivity contribution in [3.8, 4) is 0 Å². The van der Waals surface area contributed by atoms with E-state index in [-0.39, 0.29) is 0 Å². The number of hydrogen-bond acceptors (Lipinski definition) is 3. The molecule has 2 fully saturated rings. The monoisotopic (exact) mass is 214 g/mol. The van der Waals surface area contributed by atoms with Gasteiger partial charge >= 0.3 is 0 Å². The molecular weight excluding hydrogens is 192 g/mol. The summed E-state index contributed by atoms with van der Waals surface area (Å²) in [6.45, 7) is 8.32. The van der Waals surface area contributed by atoms with Gasteiger partial charge in [-0.2, -0.15) is 11.8 Å². The maximum atomic E-state index is 3.54. The number of hydrogen-bond donors (Lipinski definition) is 1. The maximum Gasteiger partial charge on any atom is 0.0285 e. The summed E-state index contributed by atoms with van der Waals surface area (Å²) < 4.78 is 0.630. The van der Waals surface area contributed by atoms with Crippen molar-refractivity contribution in [3.63, 3.8) is 0 Å². The van der Waals surface area contributed by atoms with Gasteiger partial charge in [-0.1, -0.05) is 0 Å². The molecule has 82 valence electrons. The van der Waals surface area contributed by atoms with E-state index in [0.29, 0.717) is 10.8 Å². The summed E-state index contributed by atoms with van der Waals surface area (Å²) in [5.74, 6) is 0. The lowest BCUT2D eigenvalue weighted by Gasteiger charge is -2.39. The van der Waals surface area contributed by atoms with Crippen LogP contribution >= 0.6 is 11.8 Å². The van der Waals surface area contributed by atoms with Crippen LogP contribution in [0.1, 0.15) is 26.7 Å².